The van der Waals surface area contributed by atoms with E-state index in [0.29, 0.717) is 0 Å². The molecule has 3 heteroatoms. The van der Waals surface area contributed by atoms with Crippen LogP contribution in [0.2, 0.25) is 0 Å². The van der Waals surface area contributed by atoms with Crippen LogP contribution in [-0.4, -0.2) is 19.9 Å². The summed E-state index contributed by atoms with van der Waals surface area (Å²) in [6.07, 6.45) is 1.81. The summed E-state index contributed by atoms with van der Waals surface area (Å²) >= 11 is 2.93. The minimum absolute atomic E-state index is 0.230. The summed E-state index contributed by atoms with van der Waals surface area (Å²) < 4.78 is 0. The van der Waals surface area contributed by atoms with Crippen molar-refractivity contribution in [1.29, 1.82) is 0 Å². The SMILES string of the molecule is [Se]=S1C=CN=C1. The third-order valence-corrected chi connectivity index (χ3v) is 2.41. The van der Waals surface area contributed by atoms with Crippen LogP contribution in [0.5, 0.6) is 0 Å². The van der Waals surface area contributed by atoms with Gasteiger partial charge in [-0.15, -0.1) is 0 Å². The van der Waals surface area contributed by atoms with E-state index < -0.39 is 0 Å². The molecule has 0 N–H and O–H groups in total. The Kier molecular flexibility index (Phi) is 1.35. The van der Waals surface area contributed by atoms with Gasteiger partial charge >= 0.3 is 45.3 Å². The average Bonchev–Trinajstić information content (AvgIpc) is 1.86. The van der Waals surface area contributed by atoms with E-state index >= 15 is 0 Å². The molecule has 0 aromatic heterocycles. The Bertz CT molecular complexity index is 113. The fourth-order valence-corrected chi connectivity index (χ4v) is 1.30. The van der Waals surface area contributed by atoms with Crippen LogP contribution < -0.4 is 0 Å². The predicted molar refractivity (Wildman–Crippen MR) is 31.0 cm³/mol. The monoisotopic (exact) mass is 165 g/mol. The Morgan fingerprint density at radius 2 is 2.50 bits per heavy atom. The molecule has 1 atom stereocenters. The third kappa shape index (κ3) is 0.869. The van der Waals surface area contributed by atoms with Crippen molar-refractivity contribution in [3.8, 4) is 0 Å². The van der Waals surface area contributed by atoms with Crippen LogP contribution in [0.15, 0.2) is 16.6 Å². The molecular formula is C3H3NSSe. The van der Waals surface area contributed by atoms with Crippen molar-refractivity contribution in [2.75, 3.05) is 0 Å². The Balaban J connectivity index is 2.86. The zero-order valence-corrected chi connectivity index (χ0v) is 5.53. The van der Waals surface area contributed by atoms with Gasteiger partial charge in [0, 0.05) is 0 Å². The molecule has 1 unspecified atom stereocenters. The summed E-state index contributed by atoms with van der Waals surface area (Å²) in [4.78, 5) is 3.84. The molecule has 0 bridgehead atoms. The molecule has 0 saturated carbocycles. The van der Waals surface area contributed by atoms with E-state index in [1.165, 1.54) is 0 Å². The molecule has 6 heavy (non-hydrogen) atoms. The number of aliphatic imine (C=N–C) groups is 1. The van der Waals surface area contributed by atoms with Crippen molar-refractivity contribution in [2.24, 2.45) is 4.99 Å². The van der Waals surface area contributed by atoms with Crippen LogP contribution >= 0.6 is 8.82 Å². The van der Waals surface area contributed by atoms with Crippen molar-refractivity contribution in [3.63, 3.8) is 0 Å². The first kappa shape index (κ1) is 4.44. The number of hydrogen-bond acceptors (Lipinski definition) is 1. The molecule has 0 amide bonds. The normalized spacial score (nSPS) is 29.0. The zero-order valence-electron chi connectivity index (χ0n) is 3.00. The Morgan fingerprint density at radius 3 is 2.67 bits per heavy atom. The summed E-state index contributed by atoms with van der Waals surface area (Å²) in [5.41, 5.74) is 1.89. The van der Waals surface area contributed by atoms with Gasteiger partial charge in [-0.2, -0.15) is 0 Å². The summed E-state index contributed by atoms with van der Waals surface area (Å²) in [5.74, 6) is 0. The second kappa shape index (κ2) is 1.82. The molecule has 0 radical (unpaired) electrons. The molecule has 1 nitrogen and oxygen atoms in total. The average molecular weight is 164 g/mol. The third-order valence-electron chi connectivity index (χ3n) is 0.446. The molecule has 1 aliphatic heterocycles. The maximum atomic E-state index is 3.84. The van der Waals surface area contributed by atoms with Gasteiger partial charge in [-0.3, -0.25) is 0 Å². The van der Waals surface area contributed by atoms with Gasteiger partial charge in [0.2, 0.25) is 0 Å². The molecule has 1 aliphatic rings. The summed E-state index contributed by atoms with van der Waals surface area (Å²) in [6.45, 7) is 0. The Hall–Kier alpha value is 0.279. The first-order valence-electron chi connectivity index (χ1n) is 1.49. The van der Waals surface area contributed by atoms with E-state index in [1.54, 1.807) is 6.20 Å². The number of nitrogens with zero attached hydrogens (tertiary/aromatic N) is 1. The van der Waals surface area contributed by atoms with Crippen molar-refractivity contribution in [1.82, 2.24) is 0 Å². The fraction of sp³-hybridized carbons (Fsp3) is 0. The molecule has 0 aromatic carbocycles. The van der Waals surface area contributed by atoms with Gasteiger partial charge in [0.1, 0.15) is 0 Å². The van der Waals surface area contributed by atoms with Crippen molar-refractivity contribution in [2.45, 2.75) is 0 Å². The van der Waals surface area contributed by atoms with Gasteiger partial charge in [-0.1, -0.05) is 0 Å². The molecule has 0 aromatic rings. The first-order chi connectivity index (χ1) is 2.89. The van der Waals surface area contributed by atoms with E-state index in [-0.39, 0.29) is 8.82 Å². The van der Waals surface area contributed by atoms with Gasteiger partial charge < -0.3 is 0 Å². The summed E-state index contributed by atoms with van der Waals surface area (Å²) in [7, 11) is 0.230. The van der Waals surface area contributed by atoms with Crippen molar-refractivity contribution < 1.29 is 0 Å². The van der Waals surface area contributed by atoms with Crippen LogP contribution in [0.4, 0.5) is 0 Å². The fourth-order valence-electron chi connectivity index (χ4n) is 0.225. The van der Waals surface area contributed by atoms with Gasteiger partial charge in [0.15, 0.2) is 0 Å². The Morgan fingerprint density at radius 1 is 1.67 bits per heavy atom. The van der Waals surface area contributed by atoms with E-state index in [9.17, 15) is 0 Å². The number of rotatable bonds is 0. The second-order valence-electron chi connectivity index (χ2n) is 0.868. The van der Waals surface area contributed by atoms with Crippen molar-refractivity contribution in [3.05, 3.63) is 11.6 Å². The molecule has 0 aliphatic carbocycles. The van der Waals surface area contributed by atoms with Crippen LogP contribution in [0.1, 0.15) is 0 Å². The Labute approximate surface area is 45.8 Å². The second-order valence-corrected chi connectivity index (χ2v) is 4.43. The molecule has 1 heterocycles. The number of hydrogen-bond donors (Lipinski definition) is 0. The van der Waals surface area contributed by atoms with E-state index in [0.717, 1.165) is 0 Å². The van der Waals surface area contributed by atoms with Gasteiger partial charge in [0.05, 0.1) is 0 Å². The van der Waals surface area contributed by atoms with E-state index in [2.05, 4.69) is 19.4 Å². The molecule has 0 saturated heterocycles. The van der Waals surface area contributed by atoms with Crippen LogP contribution in [0.3, 0.4) is 0 Å². The molecule has 0 fully saturated rings. The van der Waals surface area contributed by atoms with E-state index in [1.807, 2.05) is 11.0 Å². The molecular weight excluding hydrogens is 161 g/mol. The van der Waals surface area contributed by atoms with E-state index in [4.69, 9.17) is 0 Å². The van der Waals surface area contributed by atoms with Crippen LogP contribution in [-0.2, 0) is 0 Å². The van der Waals surface area contributed by atoms with Gasteiger partial charge in [-0.05, 0) is 0 Å². The molecule has 0 spiro atoms. The summed E-state index contributed by atoms with van der Waals surface area (Å²) in [6, 6.07) is 0. The van der Waals surface area contributed by atoms with Gasteiger partial charge in [0.25, 0.3) is 0 Å². The first-order valence-corrected chi connectivity index (χ1v) is 4.86. The molecule has 32 valence electrons. The van der Waals surface area contributed by atoms with Gasteiger partial charge in [-0.25, -0.2) is 0 Å². The zero-order chi connectivity index (χ0) is 4.41. The predicted octanol–water partition coefficient (Wildman–Crippen LogP) is 0.852. The quantitative estimate of drug-likeness (QED) is 0.470. The maximum absolute atomic E-state index is 3.84. The van der Waals surface area contributed by atoms with Crippen LogP contribution in [0, 0.1) is 0 Å². The van der Waals surface area contributed by atoms with Crippen molar-refractivity contribution >= 4 is 28.7 Å². The molecule has 1 rings (SSSR count). The summed E-state index contributed by atoms with van der Waals surface area (Å²) in [5, 5.41) is 2.03. The van der Waals surface area contributed by atoms with Crippen LogP contribution in [0.25, 0.3) is 0 Å². The standard InChI is InChI=1S/C3H3NSSe/c6-5-2-1-4-3-5/h1-3H. The minimum atomic E-state index is 0.230. The topological polar surface area (TPSA) is 12.4 Å².